The smallest absolute Gasteiger partial charge is 0.00190 e. The topological polar surface area (TPSA) is 3.24 Å². The quantitative estimate of drug-likeness (QED) is 0.496. The van der Waals surface area contributed by atoms with E-state index in [9.17, 15) is 0 Å². The number of rotatable bonds is 2. The summed E-state index contributed by atoms with van der Waals surface area (Å²) in [6.45, 7) is 5.91. The van der Waals surface area contributed by atoms with E-state index in [4.69, 9.17) is 0 Å². The highest BCUT2D eigenvalue weighted by atomic mass is 35.5. The van der Waals surface area contributed by atoms with Crippen LogP contribution >= 0.6 is 24.8 Å². The van der Waals surface area contributed by atoms with Gasteiger partial charge in [0.25, 0.3) is 0 Å². The van der Waals surface area contributed by atoms with Gasteiger partial charge in [0.2, 0.25) is 0 Å². The minimum Gasteiger partial charge on any atom is -0.303 e. The first-order valence-corrected chi connectivity index (χ1v) is 9.18. The molecular formula is C23H27Cl2N. The largest absolute Gasteiger partial charge is 0.303 e. The second-order valence-corrected chi connectivity index (χ2v) is 6.83. The summed E-state index contributed by atoms with van der Waals surface area (Å²) in [5, 5.41) is 0. The predicted octanol–water partition coefficient (Wildman–Crippen LogP) is 6.32. The van der Waals surface area contributed by atoms with E-state index in [0.29, 0.717) is 0 Å². The number of benzene rings is 2. The number of hydrogen-bond donors (Lipinski definition) is 0. The van der Waals surface area contributed by atoms with Gasteiger partial charge in [0.1, 0.15) is 0 Å². The van der Waals surface area contributed by atoms with Crippen LogP contribution in [0.15, 0.2) is 54.1 Å². The Morgan fingerprint density at radius 3 is 1.77 bits per heavy atom. The van der Waals surface area contributed by atoms with Gasteiger partial charge in [-0.15, -0.1) is 24.8 Å². The van der Waals surface area contributed by atoms with E-state index in [0.717, 1.165) is 0 Å². The highest BCUT2D eigenvalue weighted by molar-refractivity contribution is 5.94. The summed E-state index contributed by atoms with van der Waals surface area (Å²) in [6.07, 6.45) is 8.18. The molecule has 0 saturated carbocycles. The first-order valence-electron chi connectivity index (χ1n) is 9.18. The lowest BCUT2D eigenvalue weighted by Crippen LogP contribution is -2.31. The maximum absolute atomic E-state index is 2.61. The summed E-state index contributed by atoms with van der Waals surface area (Å²) in [6, 6.07) is 17.7. The molecule has 1 saturated heterocycles. The van der Waals surface area contributed by atoms with Gasteiger partial charge >= 0.3 is 0 Å². The van der Waals surface area contributed by atoms with Crippen LogP contribution in [0.1, 0.15) is 48.4 Å². The molecular weight excluding hydrogens is 361 g/mol. The van der Waals surface area contributed by atoms with E-state index < -0.39 is 0 Å². The van der Waals surface area contributed by atoms with Crippen molar-refractivity contribution < 1.29 is 0 Å². The summed E-state index contributed by atoms with van der Waals surface area (Å²) in [5.41, 5.74) is 8.60. The van der Waals surface area contributed by atoms with E-state index in [2.05, 4.69) is 72.5 Å². The average molecular weight is 388 g/mol. The Hall–Kier alpha value is -1.54. The Kier molecular flexibility index (Phi) is 7.52. The zero-order chi connectivity index (χ0) is 16.4. The molecule has 2 aromatic carbocycles. The van der Waals surface area contributed by atoms with Crippen molar-refractivity contribution in [1.29, 1.82) is 0 Å². The van der Waals surface area contributed by atoms with Gasteiger partial charge in [-0.3, -0.25) is 0 Å². The van der Waals surface area contributed by atoms with Crippen LogP contribution in [-0.2, 0) is 0 Å². The van der Waals surface area contributed by atoms with Gasteiger partial charge in [-0.2, -0.15) is 0 Å². The predicted molar refractivity (Wildman–Crippen MR) is 118 cm³/mol. The minimum atomic E-state index is 0. The Morgan fingerprint density at radius 2 is 1.27 bits per heavy atom. The molecule has 1 fully saturated rings. The molecule has 26 heavy (non-hydrogen) atoms. The van der Waals surface area contributed by atoms with Crippen LogP contribution in [-0.4, -0.2) is 24.5 Å². The molecule has 2 aliphatic rings. The van der Waals surface area contributed by atoms with Crippen molar-refractivity contribution in [2.24, 2.45) is 0 Å². The Balaban J connectivity index is 0.00000121. The number of fused-ring (bicyclic) bond motifs is 2. The lowest BCUT2D eigenvalue weighted by Gasteiger charge is -2.30. The summed E-state index contributed by atoms with van der Waals surface area (Å²) in [7, 11) is 0. The summed E-state index contributed by atoms with van der Waals surface area (Å²) in [4.78, 5) is 2.61. The summed E-state index contributed by atoms with van der Waals surface area (Å²) < 4.78 is 0. The van der Waals surface area contributed by atoms with Gasteiger partial charge in [-0.1, -0.05) is 73.2 Å². The number of halogens is 2. The highest BCUT2D eigenvalue weighted by Crippen LogP contribution is 2.38. The van der Waals surface area contributed by atoms with Crippen LogP contribution in [0.3, 0.4) is 0 Å². The van der Waals surface area contributed by atoms with Crippen LogP contribution in [0, 0.1) is 0 Å². The average Bonchev–Trinajstić information content (AvgIpc) is 2.80. The zero-order valence-corrected chi connectivity index (χ0v) is 16.9. The number of hydrogen-bond acceptors (Lipinski definition) is 1. The van der Waals surface area contributed by atoms with E-state index >= 15 is 0 Å². The molecule has 0 spiro atoms. The molecule has 0 N–H and O–H groups in total. The third kappa shape index (κ3) is 4.06. The first-order chi connectivity index (χ1) is 11.9. The first kappa shape index (κ1) is 20.8. The molecule has 3 heteroatoms. The third-order valence-electron chi connectivity index (χ3n) is 5.26. The fourth-order valence-corrected chi connectivity index (χ4v) is 4.06. The number of piperidine rings is 1. The van der Waals surface area contributed by atoms with Gasteiger partial charge < -0.3 is 4.90 Å². The molecule has 0 atom stereocenters. The third-order valence-corrected chi connectivity index (χ3v) is 5.26. The van der Waals surface area contributed by atoms with Crippen molar-refractivity contribution in [2.75, 3.05) is 19.6 Å². The molecule has 0 unspecified atom stereocenters. The summed E-state index contributed by atoms with van der Waals surface area (Å²) >= 11 is 0. The van der Waals surface area contributed by atoms with Gasteiger partial charge in [0.05, 0.1) is 0 Å². The van der Waals surface area contributed by atoms with Gasteiger partial charge in [0.15, 0.2) is 0 Å². The highest BCUT2D eigenvalue weighted by Gasteiger charge is 2.21. The van der Waals surface area contributed by atoms with E-state index in [1.54, 1.807) is 5.57 Å². The molecule has 0 amide bonds. The minimum absolute atomic E-state index is 0. The van der Waals surface area contributed by atoms with Crippen molar-refractivity contribution in [2.45, 2.75) is 26.2 Å². The summed E-state index contributed by atoms with van der Waals surface area (Å²) in [5.74, 6) is 0. The fourth-order valence-electron chi connectivity index (χ4n) is 4.06. The van der Waals surface area contributed by atoms with Crippen molar-refractivity contribution >= 4 is 42.5 Å². The molecule has 1 heterocycles. The SMILES string of the molecule is CCCN1CCC(=C2c3ccccc3C=Cc3ccccc32)CC1.Cl.Cl. The lowest BCUT2D eigenvalue weighted by atomic mass is 9.86. The maximum Gasteiger partial charge on any atom is 0.00190 e. The van der Waals surface area contributed by atoms with Crippen molar-refractivity contribution in [3.63, 3.8) is 0 Å². The second kappa shape index (κ2) is 9.41. The van der Waals surface area contributed by atoms with Crippen LogP contribution < -0.4 is 0 Å². The molecule has 1 aliphatic heterocycles. The van der Waals surface area contributed by atoms with Crippen molar-refractivity contribution in [1.82, 2.24) is 4.90 Å². The van der Waals surface area contributed by atoms with Crippen LogP contribution in [0.4, 0.5) is 0 Å². The number of likely N-dealkylation sites (tertiary alicyclic amines) is 1. The Morgan fingerprint density at radius 1 is 0.769 bits per heavy atom. The molecule has 4 rings (SSSR count). The van der Waals surface area contributed by atoms with Crippen LogP contribution in [0.2, 0.25) is 0 Å². The molecule has 0 bridgehead atoms. The fraction of sp³-hybridized carbons (Fsp3) is 0.304. The van der Waals surface area contributed by atoms with Crippen molar-refractivity contribution in [3.05, 3.63) is 76.4 Å². The lowest BCUT2D eigenvalue weighted by molar-refractivity contribution is 0.257. The molecule has 2 aromatic rings. The van der Waals surface area contributed by atoms with Crippen LogP contribution in [0.5, 0.6) is 0 Å². The van der Waals surface area contributed by atoms with Crippen molar-refractivity contribution in [3.8, 4) is 0 Å². The van der Waals surface area contributed by atoms with Gasteiger partial charge in [0, 0.05) is 13.1 Å². The van der Waals surface area contributed by atoms with Gasteiger partial charge in [-0.25, -0.2) is 0 Å². The Labute approximate surface area is 169 Å². The molecule has 1 nitrogen and oxygen atoms in total. The normalized spacial score (nSPS) is 16.0. The monoisotopic (exact) mass is 387 g/mol. The van der Waals surface area contributed by atoms with E-state index in [-0.39, 0.29) is 24.8 Å². The second-order valence-electron chi connectivity index (χ2n) is 6.83. The van der Waals surface area contributed by atoms with Crippen LogP contribution in [0.25, 0.3) is 17.7 Å². The van der Waals surface area contributed by atoms with Gasteiger partial charge in [-0.05, 0) is 53.6 Å². The van der Waals surface area contributed by atoms with E-state index in [1.165, 1.54) is 66.7 Å². The molecule has 1 aliphatic carbocycles. The molecule has 0 radical (unpaired) electrons. The zero-order valence-electron chi connectivity index (χ0n) is 15.3. The van der Waals surface area contributed by atoms with E-state index in [1.807, 2.05) is 0 Å². The molecule has 0 aromatic heterocycles. The number of nitrogens with zero attached hydrogens (tertiary/aromatic N) is 1. The Bertz CT molecular complexity index is 746. The molecule has 138 valence electrons. The standard InChI is InChI=1S/C23H25N.2ClH/c1-2-15-24-16-13-20(14-17-24)23-21-9-5-3-7-18(21)11-12-19-8-4-6-10-22(19)23;;/h3-12H,2,13-17H2,1H3;2*1H. The maximum atomic E-state index is 2.61.